The minimum absolute atomic E-state index is 0.0194. The number of hydrogen-bond donors (Lipinski definition) is 2. The lowest BCUT2D eigenvalue weighted by atomic mass is 10.3. The van der Waals surface area contributed by atoms with Crippen molar-refractivity contribution in [2.45, 2.75) is 26.8 Å². The fraction of sp³-hybridized carbons (Fsp3) is 0.455. The zero-order chi connectivity index (χ0) is 14.6. The molecule has 0 aliphatic carbocycles. The Morgan fingerprint density at radius 3 is 2.63 bits per heavy atom. The maximum absolute atomic E-state index is 11.6. The molecule has 1 amide bonds. The van der Waals surface area contributed by atoms with Crippen LogP contribution in [0.3, 0.4) is 0 Å². The first-order valence-corrected chi connectivity index (χ1v) is 6.18. The Labute approximate surface area is 116 Å². The molecule has 7 nitrogen and oxygen atoms in total. The van der Waals surface area contributed by atoms with Gasteiger partial charge in [0.25, 0.3) is 0 Å². The van der Waals surface area contributed by atoms with Gasteiger partial charge in [-0.1, -0.05) is 11.6 Å². The first-order valence-electron chi connectivity index (χ1n) is 5.80. The van der Waals surface area contributed by atoms with Gasteiger partial charge in [-0.25, -0.2) is 9.97 Å². The van der Waals surface area contributed by atoms with E-state index in [1.807, 2.05) is 25.7 Å². The number of halogens is 1. The second kappa shape index (κ2) is 6.33. The van der Waals surface area contributed by atoms with Crippen LogP contribution in [0.15, 0.2) is 4.99 Å². The van der Waals surface area contributed by atoms with E-state index in [4.69, 9.17) is 23.1 Å². The summed E-state index contributed by atoms with van der Waals surface area (Å²) < 4.78 is 0. The predicted octanol–water partition coefficient (Wildman–Crippen LogP) is 1.07. The van der Waals surface area contributed by atoms with Crippen molar-refractivity contribution in [1.82, 2.24) is 9.97 Å². The molecule has 104 valence electrons. The summed E-state index contributed by atoms with van der Waals surface area (Å²) in [5, 5.41) is 0.111. The maximum Gasteiger partial charge on any atom is 0.300 e. The third-order valence-corrected chi connectivity index (χ3v) is 2.75. The summed E-state index contributed by atoms with van der Waals surface area (Å²) >= 11 is 6.06. The molecule has 1 aromatic heterocycles. The number of carbonyl (C=O) groups excluding carboxylic acids is 1. The van der Waals surface area contributed by atoms with E-state index in [9.17, 15) is 4.79 Å². The van der Waals surface area contributed by atoms with E-state index in [0.717, 1.165) is 6.34 Å². The van der Waals surface area contributed by atoms with Crippen molar-refractivity contribution in [3.63, 3.8) is 0 Å². The number of aliphatic imine (C=N–C) groups is 1. The van der Waals surface area contributed by atoms with E-state index in [-0.39, 0.29) is 22.7 Å². The summed E-state index contributed by atoms with van der Waals surface area (Å²) in [6, 6.07) is 0.180. The monoisotopic (exact) mass is 284 g/mol. The number of nitrogens with two attached hydrogens (primary N) is 2. The molecule has 0 atom stereocenters. The molecule has 0 spiro atoms. The Kier molecular flexibility index (Phi) is 5.05. The van der Waals surface area contributed by atoms with E-state index in [1.165, 1.54) is 0 Å². The number of hydrogen-bond acceptors (Lipinski definition) is 5. The number of nitrogens with zero attached hydrogens (tertiary/aromatic N) is 4. The Morgan fingerprint density at radius 2 is 2.16 bits per heavy atom. The summed E-state index contributed by atoms with van der Waals surface area (Å²) in [6.07, 6.45) is 0.873. The van der Waals surface area contributed by atoms with Gasteiger partial charge in [0, 0.05) is 12.6 Å². The lowest BCUT2D eigenvalue weighted by Crippen LogP contribution is -2.32. The van der Waals surface area contributed by atoms with Gasteiger partial charge in [-0.3, -0.25) is 4.79 Å². The van der Waals surface area contributed by atoms with E-state index < -0.39 is 5.91 Å². The molecule has 1 rings (SSSR count). The van der Waals surface area contributed by atoms with Crippen LogP contribution in [0, 0.1) is 0 Å². The van der Waals surface area contributed by atoms with Gasteiger partial charge in [-0.2, -0.15) is 4.99 Å². The lowest BCUT2D eigenvalue weighted by Gasteiger charge is -2.26. The van der Waals surface area contributed by atoms with Crippen molar-refractivity contribution in [2.24, 2.45) is 10.7 Å². The lowest BCUT2D eigenvalue weighted by molar-refractivity contribution is 0.0999. The van der Waals surface area contributed by atoms with Gasteiger partial charge in [0.15, 0.2) is 22.5 Å². The quantitative estimate of drug-likeness (QED) is 0.632. The number of aromatic nitrogens is 2. The Balaban J connectivity index is 3.27. The molecule has 0 aromatic carbocycles. The minimum Gasteiger partial charge on any atom is -0.390 e. The van der Waals surface area contributed by atoms with Crippen LogP contribution in [0.1, 0.15) is 31.3 Å². The highest BCUT2D eigenvalue weighted by Crippen LogP contribution is 2.25. The minimum atomic E-state index is -0.673. The summed E-state index contributed by atoms with van der Waals surface area (Å²) in [6.45, 7) is 6.65. The predicted molar refractivity (Wildman–Crippen MR) is 76.6 cm³/mol. The fourth-order valence-electron chi connectivity index (χ4n) is 1.65. The molecule has 8 heteroatoms. The van der Waals surface area contributed by atoms with Gasteiger partial charge in [-0.15, -0.1) is 0 Å². The molecule has 0 aliphatic rings. The second-order valence-corrected chi connectivity index (χ2v) is 4.39. The van der Waals surface area contributed by atoms with Crippen LogP contribution < -0.4 is 16.4 Å². The molecule has 0 saturated heterocycles. The molecule has 1 heterocycles. The first-order chi connectivity index (χ1) is 8.92. The number of rotatable bonds is 4. The summed E-state index contributed by atoms with van der Waals surface area (Å²) in [5.74, 6) is -0.243. The van der Waals surface area contributed by atoms with Gasteiger partial charge in [0.1, 0.15) is 0 Å². The SMILES string of the molecule is CCN(c1nc(N)c(C(=O)N=CN)nc1Cl)C(C)C. The van der Waals surface area contributed by atoms with Crippen molar-refractivity contribution < 1.29 is 4.79 Å². The zero-order valence-electron chi connectivity index (χ0n) is 11.1. The number of amides is 1. The van der Waals surface area contributed by atoms with E-state index in [2.05, 4.69) is 15.0 Å². The fourth-order valence-corrected chi connectivity index (χ4v) is 1.88. The van der Waals surface area contributed by atoms with Crippen LogP contribution in [0.4, 0.5) is 11.6 Å². The Hall–Kier alpha value is -1.89. The van der Waals surface area contributed by atoms with Crippen LogP contribution in [0.5, 0.6) is 0 Å². The normalized spacial score (nSPS) is 11.2. The Bertz CT molecular complexity index is 502. The highest BCUT2D eigenvalue weighted by Gasteiger charge is 2.20. The van der Waals surface area contributed by atoms with E-state index in [1.54, 1.807) is 0 Å². The molecular weight excluding hydrogens is 268 g/mol. The highest BCUT2D eigenvalue weighted by molar-refractivity contribution is 6.32. The van der Waals surface area contributed by atoms with Gasteiger partial charge in [-0.05, 0) is 20.8 Å². The molecule has 4 N–H and O–H groups in total. The van der Waals surface area contributed by atoms with Gasteiger partial charge in [0.2, 0.25) is 0 Å². The molecular formula is C11H17ClN6O. The zero-order valence-corrected chi connectivity index (χ0v) is 11.8. The standard InChI is InChI=1S/C11H17ClN6O/c1-4-18(6(2)3)10-8(12)16-7(9(14)17-10)11(19)15-5-13/h5-6H,4H2,1-3H3,(H2,14,17)(H2,13,15,19). The van der Waals surface area contributed by atoms with Crippen LogP contribution in [-0.2, 0) is 0 Å². The van der Waals surface area contributed by atoms with Gasteiger partial charge >= 0.3 is 5.91 Å². The molecule has 0 saturated carbocycles. The summed E-state index contributed by atoms with van der Waals surface area (Å²) in [7, 11) is 0. The summed E-state index contributed by atoms with van der Waals surface area (Å²) in [5.41, 5.74) is 10.7. The van der Waals surface area contributed by atoms with Crippen LogP contribution in [0.2, 0.25) is 5.15 Å². The van der Waals surface area contributed by atoms with E-state index >= 15 is 0 Å². The molecule has 0 unspecified atom stereocenters. The number of carbonyl (C=O) groups is 1. The maximum atomic E-state index is 11.6. The van der Waals surface area contributed by atoms with E-state index in [0.29, 0.717) is 12.4 Å². The molecule has 0 fully saturated rings. The summed E-state index contributed by atoms with van der Waals surface area (Å²) in [4.78, 5) is 25.0. The van der Waals surface area contributed by atoms with Crippen molar-refractivity contribution in [1.29, 1.82) is 0 Å². The molecule has 1 aromatic rings. The van der Waals surface area contributed by atoms with Crippen molar-refractivity contribution >= 4 is 35.5 Å². The Morgan fingerprint density at radius 1 is 1.53 bits per heavy atom. The van der Waals surface area contributed by atoms with Crippen LogP contribution >= 0.6 is 11.6 Å². The second-order valence-electron chi connectivity index (χ2n) is 4.03. The van der Waals surface area contributed by atoms with Gasteiger partial charge in [0.05, 0.1) is 6.34 Å². The van der Waals surface area contributed by atoms with Crippen LogP contribution in [-0.4, -0.2) is 34.8 Å². The third-order valence-electron chi connectivity index (χ3n) is 2.49. The highest BCUT2D eigenvalue weighted by atomic mass is 35.5. The first kappa shape index (κ1) is 15.2. The van der Waals surface area contributed by atoms with Crippen molar-refractivity contribution in [3.8, 4) is 0 Å². The molecule has 0 aliphatic heterocycles. The third kappa shape index (κ3) is 3.31. The van der Waals surface area contributed by atoms with Crippen molar-refractivity contribution in [2.75, 3.05) is 17.2 Å². The smallest absolute Gasteiger partial charge is 0.300 e. The average molecular weight is 285 g/mol. The van der Waals surface area contributed by atoms with Crippen molar-refractivity contribution in [3.05, 3.63) is 10.8 Å². The molecule has 0 radical (unpaired) electrons. The van der Waals surface area contributed by atoms with Crippen LogP contribution in [0.25, 0.3) is 0 Å². The molecule has 0 bridgehead atoms. The topological polar surface area (TPSA) is 110 Å². The average Bonchev–Trinajstić information content (AvgIpc) is 2.33. The number of nitrogen functional groups attached to an aromatic ring is 1. The largest absolute Gasteiger partial charge is 0.390 e. The van der Waals surface area contributed by atoms with Gasteiger partial charge < -0.3 is 16.4 Å². The molecule has 19 heavy (non-hydrogen) atoms. The number of anilines is 2.